The third kappa shape index (κ3) is 2.97. The maximum absolute atomic E-state index is 4.41. The topological polar surface area (TPSA) is 29.9 Å². The van der Waals surface area contributed by atoms with Gasteiger partial charge in [0.2, 0.25) is 0 Å². The lowest BCUT2D eigenvalue weighted by molar-refractivity contribution is 0.690. The molecule has 2 aromatic heterocycles. The lowest BCUT2D eigenvalue weighted by Crippen LogP contribution is -2.13. The van der Waals surface area contributed by atoms with Crippen LogP contribution in [-0.2, 0) is 20.1 Å². The van der Waals surface area contributed by atoms with Crippen molar-refractivity contribution in [3.63, 3.8) is 0 Å². The van der Waals surface area contributed by atoms with E-state index in [1.54, 1.807) is 11.3 Å². The summed E-state index contributed by atoms with van der Waals surface area (Å²) in [7, 11) is 1.99. The van der Waals surface area contributed by atoms with Crippen LogP contribution in [-0.4, -0.2) is 9.78 Å². The van der Waals surface area contributed by atoms with Crippen LogP contribution in [0, 0.1) is 13.8 Å². The zero-order chi connectivity index (χ0) is 12.4. The van der Waals surface area contributed by atoms with Crippen LogP contribution >= 0.6 is 27.3 Å². The van der Waals surface area contributed by atoms with Crippen molar-refractivity contribution in [2.24, 2.45) is 7.05 Å². The van der Waals surface area contributed by atoms with Crippen LogP contribution in [0.1, 0.15) is 21.8 Å². The molecule has 0 amide bonds. The summed E-state index contributed by atoms with van der Waals surface area (Å²) < 4.78 is 3.10. The molecule has 3 nitrogen and oxygen atoms in total. The molecule has 17 heavy (non-hydrogen) atoms. The second kappa shape index (κ2) is 5.33. The van der Waals surface area contributed by atoms with Gasteiger partial charge in [0, 0.05) is 46.1 Å². The van der Waals surface area contributed by atoms with Crippen LogP contribution in [0.2, 0.25) is 0 Å². The monoisotopic (exact) mass is 313 g/mol. The zero-order valence-corrected chi connectivity index (χ0v) is 12.7. The second-order valence-corrected chi connectivity index (χ2v) is 6.02. The minimum Gasteiger partial charge on any atom is -0.308 e. The van der Waals surface area contributed by atoms with Gasteiger partial charge in [0.25, 0.3) is 0 Å². The summed E-state index contributed by atoms with van der Waals surface area (Å²) in [5.41, 5.74) is 3.66. The molecule has 2 aromatic rings. The maximum atomic E-state index is 4.41. The van der Waals surface area contributed by atoms with E-state index in [1.807, 2.05) is 11.7 Å². The van der Waals surface area contributed by atoms with Crippen LogP contribution in [0.3, 0.4) is 0 Å². The predicted octanol–water partition coefficient (Wildman–Crippen LogP) is 3.15. The van der Waals surface area contributed by atoms with E-state index >= 15 is 0 Å². The first kappa shape index (κ1) is 12.8. The average Bonchev–Trinajstić information content (AvgIpc) is 2.78. The molecule has 0 unspecified atom stereocenters. The third-order valence-corrected chi connectivity index (χ3v) is 4.58. The Balaban J connectivity index is 1.94. The number of nitrogens with one attached hydrogen (secondary N) is 1. The van der Waals surface area contributed by atoms with E-state index in [0.717, 1.165) is 23.3 Å². The van der Waals surface area contributed by atoms with E-state index in [4.69, 9.17) is 0 Å². The molecule has 0 fully saturated rings. The SMILES string of the molecule is Cc1nn(C)c(C)c1CNCc1cc(Br)cs1. The molecule has 0 saturated carbocycles. The maximum Gasteiger partial charge on any atom is 0.0641 e. The number of hydrogen-bond donors (Lipinski definition) is 1. The second-order valence-electron chi connectivity index (χ2n) is 4.11. The Bertz CT molecular complexity index is 516. The molecule has 0 aromatic carbocycles. The largest absolute Gasteiger partial charge is 0.308 e. The van der Waals surface area contributed by atoms with Crippen LogP contribution in [0.4, 0.5) is 0 Å². The molecule has 92 valence electrons. The van der Waals surface area contributed by atoms with E-state index in [0.29, 0.717) is 0 Å². The molecule has 0 radical (unpaired) electrons. The Labute approximate surface area is 114 Å². The molecule has 5 heteroatoms. The third-order valence-electron chi connectivity index (χ3n) is 2.88. The molecule has 2 heterocycles. The van der Waals surface area contributed by atoms with Crippen molar-refractivity contribution in [3.8, 4) is 0 Å². The molecule has 0 spiro atoms. The summed E-state index contributed by atoms with van der Waals surface area (Å²) in [5, 5.41) is 9.98. The van der Waals surface area contributed by atoms with Crippen molar-refractivity contribution in [1.82, 2.24) is 15.1 Å². The van der Waals surface area contributed by atoms with Gasteiger partial charge < -0.3 is 5.32 Å². The fourth-order valence-electron chi connectivity index (χ4n) is 1.83. The average molecular weight is 314 g/mol. The van der Waals surface area contributed by atoms with Crippen molar-refractivity contribution in [3.05, 3.63) is 37.7 Å². The summed E-state index contributed by atoms with van der Waals surface area (Å²) in [5.74, 6) is 0. The summed E-state index contributed by atoms with van der Waals surface area (Å²) in [4.78, 5) is 1.34. The number of halogens is 1. The number of thiophene rings is 1. The summed E-state index contributed by atoms with van der Waals surface area (Å²) >= 11 is 5.23. The van der Waals surface area contributed by atoms with Gasteiger partial charge in [-0.2, -0.15) is 5.10 Å². The van der Waals surface area contributed by atoms with Crippen LogP contribution in [0.5, 0.6) is 0 Å². The fourth-order valence-corrected chi connectivity index (χ4v) is 3.25. The molecule has 0 aliphatic rings. The van der Waals surface area contributed by atoms with Crippen LogP contribution in [0.25, 0.3) is 0 Å². The number of rotatable bonds is 4. The van der Waals surface area contributed by atoms with E-state index in [1.165, 1.54) is 16.1 Å². The Morgan fingerprint density at radius 3 is 2.71 bits per heavy atom. The molecular formula is C12H16BrN3S. The van der Waals surface area contributed by atoms with Gasteiger partial charge in [0.05, 0.1) is 5.69 Å². The van der Waals surface area contributed by atoms with Crippen molar-refractivity contribution in [2.45, 2.75) is 26.9 Å². The highest BCUT2D eigenvalue weighted by molar-refractivity contribution is 9.10. The Kier molecular flexibility index (Phi) is 4.01. The normalized spacial score (nSPS) is 11.1. The standard InChI is InChI=1S/C12H16BrN3S/c1-8-12(9(2)16(3)15-8)6-14-5-11-4-10(13)7-17-11/h4,7,14H,5-6H2,1-3H3. The van der Waals surface area contributed by atoms with E-state index in [-0.39, 0.29) is 0 Å². The summed E-state index contributed by atoms with van der Waals surface area (Å²) in [6.07, 6.45) is 0. The Morgan fingerprint density at radius 1 is 1.41 bits per heavy atom. The number of nitrogens with zero attached hydrogens (tertiary/aromatic N) is 2. The first-order valence-corrected chi connectivity index (χ1v) is 7.18. The lowest BCUT2D eigenvalue weighted by Gasteiger charge is -2.03. The highest BCUT2D eigenvalue weighted by Gasteiger charge is 2.08. The zero-order valence-electron chi connectivity index (χ0n) is 10.2. The van der Waals surface area contributed by atoms with Crippen molar-refractivity contribution in [2.75, 3.05) is 0 Å². The Morgan fingerprint density at radius 2 is 2.18 bits per heavy atom. The highest BCUT2D eigenvalue weighted by Crippen LogP contribution is 2.19. The molecular weight excluding hydrogens is 298 g/mol. The van der Waals surface area contributed by atoms with Gasteiger partial charge in [-0.25, -0.2) is 0 Å². The van der Waals surface area contributed by atoms with Gasteiger partial charge in [-0.3, -0.25) is 4.68 Å². The van der Waals surface area contributed by atoms with Crippen LogP contribution in [0.15, 0.2) is 15.9 Å². The van der Waals surface area contributed by atoms with Gasteiger partial charge in [-0.05, 0) is 35.8 Å². The molecule has 0 bridgehead atoms. The number of aromatic nitrogens is 2. The van der Waals surface area contributed by atoms with Gasteiger partial charge in [0.1, 0.15) is 0 Å². The van der Waals surface area contributed by atoms with Crippen molar-refractivity contribution < 1.29 is 0 Å². The van der Waals surface area contributed by atoms with E-state index in [9.17, 15) is 0 Å². The first-order valence-electron chi connectivity index (χ1n) is 5.50. The quantitative estimate of drug-likeness (QED) is 0.939. The van der Waals surface area contributed by atoms with Crippen molar-refractivity contribution >= 4 is 27.3 Å². The minimum absolute atomic E-state index is 0.876. The molecule has 0 aliphatic heterocycles. The van der Waals surface area contributed by atoms with Gasteiger partial charge >= 0.3 is 0 Å². The lowest BCUT2D eigenvalue weighted by atomic mass is 10.2. The highest BCUT2D eigenvalue weighted by atomic mass is 79.9. The first-order chi connectivity index (χ1) is 8.08. The van der Waals surface area contributed by atoms with Crippen LogP contribution < -0.4 is 5.32 Å². The van der Waals surface area contributed by atoms with Gasteiger partial charge in [0.15, 0.2) is 0 Å². The molecule has 0 atom stereocenters. The number of hydrogen-bond acceptors (Lipinski definition) is 3. The molecule has 2 rings (SSSR count). The smallest absolute Gasteiger partial charge is 0.0641 e. The fraction of sp³-hybridized carbons (Fsp3) is 0.417. The predicted molar refractivity (Wildman–Crippen MR) is 75.2 cm³/mol. The molecule has 0 aliphatic carbocycles. The minimum atomic E-state index is 0.876. The summed E-state index contributed by atoms with van der Waals surface area (Å²) in [6, 6.07) is 2.15. The van der Waals surface area contributed by atoms with E-state index in [2.05, 4.69) is 51.6 Å². The molecule has 1 N–H and O–H groups in total. The van der Waals surface area contributed by atoms with E-state index < -0.39 is 0 Å². The van der Waals surface area contributed by atoms with Gasteiger partial charge in [-0.15, -0.1) is 11.3 Å². The van der Waals surface area contributed by atoms with Crippen molar-refractivity contribution in [1.29, 1.82) is 0 Å². The molecule has 0 saturated heterocycles. The summed E-state index contributed by atoms with van der Waals surface area (Å²) in [6.45, 7) is 5.95. The van der Waals surface area contributed by atoms with Gasteiger partial charge in [-0.1, -0.05) is 0 Å². The Hall–Kier alpha value is -0.650. The number of aryl methyl sites for hydroxylation is 2.